The van der Waals surface area contributed by atoms with Crippen molar-refractivity contribution in [1.29, 1.82) is 0 Å². The predicted octanol–water partition coefficient (Wildman–Crippen LogP) is 3.78. The molecule has 0 saturated carbocycles. The van der Waals surface area contributed by atoms with E-state index in [0.29, 0.717) is 23.6 Å². The lowest BCUT2D eigenvalue weighted by molar-refractivity contribution is -0.144. The first kappa shape index (κ1) is 18.7. The van der Waals surface area contributed by atoms with Gasteiger partial charge in [-0.15, -0.1) is 0 Å². The van der Waals surface area contributed by atoms with E-state index in [2.05, 4.69) is 25.3 Å². The van der Waals surface area contributed by atoms with Crippen molar-refractivity contribution in [1.82, 2.24) is 19.9 Å². The Morgan fingerprint density at radius 1 is 1.19 bits per heavy atom. The third kappa shape index (κ3) is 4.21. The van der Waals surface area contributed by atoms with Crippen molar-refractivity contribution in [3.63, 3.8) is 0 Å². The van der Waals surface area contributed by atoms with Crippen LogP contribution in [0.4, 0.5) is 19.0 Å². The first-order valence-corrected chi connectivity index (χ1v) is 8.24. The topological polar surface area (TPSA) is 85.0 Å². The van der Waals surface area contributed by atoms with Gasteiger partial charge in [0.25, 0.3) is 0 Å². The van der Waals surface area contributed by atoms with Crippen LogP contribution in [0.15, 0.2) is 24.5 Å². The molecule has 0 amide bonds. The molecule has 0 bridgehead atoms. The Morgan fingerprint density at radius 2 is 2.00 bits per heavy atom. The molecule has 3 aromatic rings. The molecule has 0 spiro atoms. The highest BCUT2D eigenvalue weighted by molar-refractivity contribution is 5.82. The van der Waals surface area contributed by atoms with Gasteiger partial charge < -0.3 is 19.8 Å². The fraction of sp³-hybridized carbons (Fsp3) is 0.353. The third-order valence-corrected chi connectivity index (χ3v) is 3.69. The summed E-state index contributed by atoms with van der Waals surface area (Å²) in [6, 6.07) is 5.32. The Morgan fingerprint density at radius 3 is 2.70 bits per heavy atom. The number of methoxy groups -OCH3 is 1. The van der Waals surface area contributed by atoms with Crippen molar-refractivity contribution in [3.05, 3.63) is 35.9 Å². The molecule has 2 heterocycles. The van der Waals surface area contributed by atoms with Gasteiger partial charge in [0.1, 0.15) is 5.52 Å². The monoisotopic (exact) mass is 381 g/mol. The lowest BCUT2D eigenvalue weighted by Crippen LogP contribution is -2.13. The highest BCUT2D eigenvalue weighted by Crippen LogP contribution is 2.31. The average Bonchev–Trinajstić information content (AvgIpc) is 3.12. The van der Waals surface area contributed by atoms with E-state index in [0.717, 1.165) is 12.0 Å². The van der Waals surface area contributed by atoms with Gasteiger partial charge in [-0.05, 0) is 24.1 Å². The normalized spacial score (nSPS) is 11.6. The van der Waals surface area contributed by atoms with Crippen LogP contribution in [0.1, 0.15) is 24.7 Å². The Bertz CT molecular complexity index is 927. The number of halogens is 3. The molecule has 0 aliphatic carbocycles. The molecule has 7 nitrogen and oxygen atoms in total. The molecule has 0 aliphatic heterocycles. The van der Waals surface area contributed by atoms with Gasteiger partial charge in [0.2, 0.25) is 5.82 Å². The lowest BCUT2D eigenvalue weighted by Gasteiger charge is -2.13. The number of nitrogens with one attached hydrogen (secondary N) is 2. The summed E-state index contributed by atoms with van der Waals surface area (Å²) < 4.78 is 49.9. The van der Waals surface area contributed by atoms with Gasteiger partial charge in [-0.2, -0.15) is 13.2 Å². The second-order valence-electron chi connectivity index (χ2n) is 5.68. The summed E-state index contributed by atoms with van der Waals surface area (Å²) in [6.07, 6.45) is -2.53. The Balaban J connectivity index is 1.83. The number of rotatable bonds is 7. The number of benzene rings is 1. The number of anilines is 1. The third-order valence-electron chi connectivity index (χ3n) is 3.69. The smallest absolute Gasteiger partial charge is 0.451 e. The van der Waals surface area contributed by atoms with Crippen molar-refractivity contribution in [2.75, 3.05) is 19.0 Å². The molecule has 2 N–H and O–H groups in total. The summed E-state index contributed by atoms with van der Waals surface area (Å²) in [5.41, 5.74) is 1.04. The van der Waals surface area contributed by atoms with Gasteiger partial charge in [0, 0.05) is 6.54 Å². The van der Waals surface area contributed by atoms with Crippen LogP contribution in [0.3, 0.4) is 0 Å². The standard InChI is InChI=1S/C17H18F3N5O2/c1-3-6-27-11-5-4-10(7-12(11)26-2)8-21-14-13-15(23-9-22-13)25-16(24-14)17(18,19)20/h4-5,7,9H,3,6,8H2,1-2H3,(H2,21,22,23,24,25). The maximum absolute atomic E-state index is 13.0. The molecule has 10 heteroatoms. The number of imidazole rings is 1. The van der Waals surface area contributed by atoms with Gasteiger partial charge in [-0.1, -0.05) is 13.0 Å². The largest absolute Gasteiger partial charge is 0.493 e. The summed E-state index contributed by atoms with van der Waals surface area (Å²) in [4.78, 5) is 13.6. The van der Waals surface area contributed by atoms with Crippen molar-refractivity contribution < 1.29 is 22.6 Å². The Hall–Kier alpha value is -3.04. The van der Waals surface area contributed by atoms with Crippen molar-refractivity contribution >= 4 is 17.0 Å². The van der Waals surface area contributed by atoms with Crippen LogP contribution in [-0.2, 0) is 12.7 Å². The van der Waals surface area contributed by atoms with Gasteiger partial charge in [-0.25, -0.2) is 15.0 Å². The molecule has 3 rings (SSSR count). The zero-order valence-electron chi connectivity index (χ0n) is 14.7. The maximum atomic E-state index is 13.0. The second-order valence-corrected chi connectivity index (χ2v) is 5.68. The highest BCUT2D eigenvalue weighted by atomic mass is 19.4. The number of aromatic amines is 1. The minimum absolute atomic E-state index is 0.0232. The van der Waals surface area contributed by atoms with E-state index in [1.807, 2.05) is 6.92 Å². The highest BCUT2D eigenvalue weighted by Gasteiger charge is 2.36. The van der Waals surface area contributed by atoms with Gasteiger partial charge in [-0.3, -0.25) is 0 Å². The second kappa shape index (κ2) is 7.68. The fourth-order valence-corrected chi connectivity index (χ4v) is 2.43. The lowest BCUT2D eigenvalue weighted by atomic mass is 10.2. The van der Waals surface area contributed by atoms with Crippen LogP contribution in [0.2, 0.25) is 0 Å². The molecule has 0 unspecified atom stereocenters. The minimum Gasteiger partial charge on any atom is -0.493 e. The Kier molecular flexibility index (Phi) is 5.33. The van der Waals surface area contributed by atoms with E-state index in [4.69, 9.17) is 9.47 Å². The predicted molar refractivity (Wildman–Crippen MR) is 92.8 cm³/mol. The van der Waals surface area contributed by atoms with Crippen LogP contribution < -0.4 is 14.8 Å². The molecule has 1 aromatic carbocycles. The number of nitrogens with zero attached hydrogens (tertiary/aromatic N) is 3. The van der Waals surface area contributed by atoms with E-state index < -0.39 is 12.0 Å². The summed E-state index contributed by atoms with van der Waals surface area (Å²) in [6.45, 7) is 2.79. The van der Waals surface area contributed by atoms with E-state index in [1.165, 1.54) is 13.4 Å². The van der Waals surface area contributed by atoms with Crippen molar-refractivity contribution in [2.24, 2.45) is 0 Å². The van der Waals surface area contributed by atoms with E-state index >= 15 is 0 Å². The van der Waals surface area contributed by atoms with Crippen LogP contribution in [0.5, 0.6) is 11.5 Å². The number of ether oxygens (including phenoxy) is 2. The zero-order chi connectivity index (χ0) is 19.4. The summed E-state index contributed by atoms with van der Waals surface area (Å²) in [5.74, 6) is -0.0610. The van der Waals surface area contributed by atoms with Crippen molar-refractivity contribution in [3.8, 4) is 11.5 Å². The molecule has 0 fully saturated rings. The molecule has 144 valence electrons. The van der Waals surface area contributed by atoms with Gasteiger partial charge in [0.15, 0.2) is 23.0 Å². The number of alkyl halides is 3. The summed E-state index contributed by atoms with van der Waals surface area (Å²) in [5, 5.41) is 2.90. The first-order valence-electron chi connectivity index (χ1n) is 8.24. The molecule has 0 saturated heterocycles. The van der Waals surface area contributed by atoms with Crippen LogP contribution in [0.25, 0.3) is 11.2 Å². The molecule has 0 aliphatic rings. The number of hydrogen-bond donors (Lipinski definition) is 2. The van der Waals surface area contributed by atoms with Gasteiger partial charge in [0.05, 0.1) is 20.0 Å². The van der Waals surface area contributed by atoms with Crippen LogP contribution >= 0.6 is 0 Å². The molecule has 2 aromatic heterocycles. The number of hydrogen-bond acceptors (Lipinski definition) is 6. The number of fused-ring (bicyclic) bond motifs is 1. The molecule has 27 heavy (non-hydrogen) atoms. The Labute approximate surface area is 153 Å². The van der Waals surface area contributed by atoms with E-state index in [1.54, 1.807) is 18.2 Å². The zero-order valence-corrected chi connectivity index (χ0v) is 14.7. The molecular formula is C17H18F3N5O2. The fourth-order valence-electron chi connectivity index (χ4n) is 2.43. The van der Waals surface area contributed by atoms with E-state index in [9.17, 15) is 13.2 Å². The first-order chi connectivity index (χ1) is 12.9. The van der Waals surface area contributed by atoms with Gasteiger partial charge >= 0.3 is 6.18 Å². The SMILES string of the molecule is CCCOc1ccc(CNc2nc(C(F)(F)F)nc3nc[nH]c23)cc1OC. The van der Waals surface area contributed by atoms with E-state index in [-0.39, 0.29) is 18.0 Å². The van der Waals surface area contributed by atoms with Crippen molar-refractivity contribution in [2.45, 2.75) is 26.1 Å². The summed E-state index contributed by atoms with van der Waals surface area (Å²) in [7, 11) is 1.53. The molecule has 0 radical (unpaired) electrons. The molecular weight excluding hydrogens is 363 g/mol. The number of H-pyrrole nitrogens is 1. The maximum Gasteiger partial charge on any atom is 0.451 e. The molecule has 0 atom stereocenters. The quantitative estimate of drug-likeness (QED) is 0.648. The summed E-state index contributed by atoms with van der Waals surface area (Å²) >= 11 is 0. The van der Waals surface area contributed by atoms with Crippen LogP contribution in [-0.4, -0.2) is 33.7 Å². The average molecular weight is 381 g/mol. The number of aromatic nitrogens is 4. The van der Waals surface area contributed by atoms with Crippen LogP contribution in [0, 0.1) is 0 Å². The minimum atomic E-state index is -4.66.